The first kappa shape index (κ1) is 12.5. The summed E-state index contributed by atoms with van der Waals surface area (Å²) in [5, 5.41) is 4.72. The summed E-state index contributed by atoms with van der Waals surface area (Å²) in [4.78, 5) is 22.2. The van der Waals surface area contributed by atoms with Crippen molar-refractivity contribution in [3.8, 4) is 5.75 Å². The third-order valence-corrected chi connectivity index (χ3v) is 2.24. The van der Waals surface area contributed by atoms with Crippen LogP contribution in [0.3, 0.4) is 0 Å². The molecule has 0 fully saturated rings. The second-order valence-corrected chi connectivity index (χ2v) is 3.40. The molecule has 0 aliphatic carbocycles. The molecule has 16 heavy (non-hydrogen) atoms. The normalized spacial score (nSPS) is 9.38. The monoisotopic (exact) mass is 286 g/mol. The lowest BCUT2D eigenvalue weighted by molar-refractivity contribution is -0.117. The molecule has 86 valence electrons. The van der Waals surface area contributed by atoms with Gasteiger partial charge in [0.1, 0.15) is 5.75 Å². The molecule has 0 saturated carbocycles. The van der Waals surface area contributed by atoms with Crippen LogP contribution in [0, 0.1) is 0 Å². The number of hydrogen-bond acceptors (Lipinski definition) is 3. The van der Waals surface area contributed by atoms with Gasteiger partial charge in [-0.05, 0) is 12.1 Å². The number of rotatable bonds is 3. The lowest BCUT2D eigenvalue weighted by atomic mass is 10.3. The first-order valence-corrected chi connectivity index (χ1v) is 5.59. The van der Waals surface area contributed by atoms with Gasteiger partial charge >= 0.3 is 6.03 Å². The van der Waals surface area contributed by atoms with E-state index in [9.17, 15) is 9.59 Å². The zero-order chi connectivity index (χ0) is 12.0. The molecule has 0 aliphatic rings. The van der Waals surface area contributed by atoms with Crippen molar-refractivity contribution < 1.29 is 14.3 Å². The number of carbonyl (C=O) groups is 2. The van der Waals surface area contributed by atoms with Gasteiger partial charge in [-0.15, -0.1) is 0 Å². The van der Waals surface area contributed by atoms with Gasteiger partial charge < -0.3 is 10.1 Å². The van der Waals surface area contributed by atoms with Gasteiger partial charge in [0.15, 0.2) is 0 Å². The van der Waals surface area contributed by atoms with Gasteiger partial charge in [0.2, 0.25) is 5.91 Å². The van der Waals surface area contributed by atoms with Crippen molar-refractivity contribution in [2.75, 3.05) is 17.8 Å². The molecule has 0 atom stereocenters. The minimum Gasteiger partial charge on any atom is -0.495 e. The molecule has 0 radical (unpaired) electrons. The zero-order valence-corrected chi connectivity index (χ0v) is 10.2. The maximum Gasteiger partial charge on any atom is 0.326 e. The number of halogens is 1. The summed E-state index contributed by atoms with van der Waals surface area (Å²) in [6.45, 7) is 0. The smallest absolute Gasteiger partial charge is 0.326 e. The van der Waals surface area contributed by atoms with E-state index in [0.717, 1.165) is 0 Å². The number of amides is 3. The highest BCUT2D eigenvalue weighted by molar-refractivity contribution is 9.09. The highest BCUT2D eigenvalue weighted by Crippen LogP contribution is 2.22. The largest absolute Gasteiger partial charge is 0.495 e. The summed E-state index contributed by atoms with van der Waals surface area (Å²) in [7, 11) is 1.50. The highest BCUT2D eigenvalue weighted by atomic mass is 79.9. The van der Waals surface area contributed by atoms with Gasteiger partial charge in [-0.1, -0.05) is 28.1 Å². The lowest BCUT2D eigenvalue weighted by Crippen LogP contribution is -2.35. The van der Waals surface area contributed by atoms with Crippen molar-refractivity contribution in [2.45, 2.75) is 0 Å². The van der Waals surface area contributed by atoms with E-state index in [-0.39, 0.29) is 5.33 Å². The predicted molar refractivity (Wildman–Crippen MR) is 63.9 cm³/mol. The SMILES string of the molecule is COc1ccccc1NC(=O)NC(=O)CBr. The lowest BCUT2D eigenvalue weighted by Gasteiger charge is -2.09. The molecule has 0 spiro atoms. The fourth-order valence-corrected chi connectivity index (χ4v) is 1.20. The molecule has 0 saturated heterocycles. The predicted octanol–water partition coefficient (Wildman–Crippen LogP) is 1.74. The van der Waals surface area contributed by atoms with Gasteiger partial charge in [0.05, 0.1) is 18.1 Å². The first-order valence-electron chi connectivity index (χ1n) is 4.47. The fraction of sp³-hybridized carbons (Fsp3) is 0.200. The van der Waals surface area contributed by atoms with Gasteiger partial charge in [-0.3, -0.25) is 10.1 Å². The van der Waals surface area contributed by atoms with Crippen LogP contribution in [0.15, 0.2) is 24.3 Å². The molecule has 0 heterocycles. The molecule has 3 amide bonds. The van der Waals surface area contributed by atoms with E-state index in [1.807, 2.05) is 0 Å². The number of imide groups is 1. The van der Waals surface area contributed by atoms with E-state index in [1.165, 1.54) is 7.11 Å². The summed E-state index contributed by atoms with van der Waals surface area (Å²) >= 11 is 2.94. The number of alkyl halides is 1. The Balaban J connectivity index is 2.65. The second kappa shape index (κ2) is 6.12. The summed E-state index contributed by atoms with van der Waals surface area (Å²) < 4.78 is 5.04. The van der Waals surface area contributed by atoms with Crippen molar-refractivity contribution in [1.82, 2.24) is 5.32 Å². The molecule has 0 unspecified atom stereocenters. The Kier molecular flexibility index (Phi) is 4.78. The van der Waals surface area contributed by atoms with Crippen LogP contribution in [0.5, 0.6) is 5.75 Å². The van der Waals surface area contributed by atoms with Crippen LogP contribution in [0.4, 0.5) is 10.5 Å². The van der Waals surface area contributed by atoms with Crippen LogP contribution >= 0.6 is 15.9 Å². The number of ether oxygens (including phenoxy) is 1. The number of urea groups is 1. The standard InChI is InChI=1S/C10H11BrN2O3/c1-16-8-5-3-2-4-7(8)12-10(15)13-9(14)6-11/h2-5H,6H2,1H3,(H2,12,13,14,15). The Bertz CT molecular complexity index is 395. The molecular weight excluding hydrogens is 276 g/mol. The molecule has 6 heteroatoms. The van der Waals surface area contributed by atoms with Crippen molar-refractivity contribution in [3.63, 3.8) is 0 Å². The van der Waals surface area contributed by atoms with Crippen LogP contribution in [0.2, 0.25) is 0 Å². The van der Waals surface area contributed by atoms with E-state index in [4.69, 9.17) is 4.74 Å². The van der Waals surface area contributed by atoms with Crippen LogP contribution in [-0.4, -0.2) is 24.4 Å². The third kappa shape index (κ3) is 3.54. The number of anilines is 1. The van der Waals surface area contributed by atoms with Crippen molar-refractivity contribution in [3.05, 3.63) is 24.3 Å². The Morgan fingerprint density at radius 3 is 2.69 bits per heavy atom. The first-order chi connectivity index (χ1) is 7.67. The summed E-state index contributed by atoms with van der Waals surface area (Å²) in [6.07, 6.45) is 0. The maximum absolute atomic E-state index is 11.3. The molecule has 0 bridgehead atoms. The topological polar surface area (TPSA) is 67.4 Å². The third-order valence-electron chi connectivity index (χ3n) is 1.73. The number of nitrogens with one attached hydrogen (secondary N) is 2. The Morgan fingerprint density at radius 2 is 2.06 bits per heavy atom. The number of methoxy groups -OCH3 is 1. The molecular formula is C10H11BrN2O3. The van der Waals surface area contributed by atoms with Crippen LogP contribution < -0.4 is 15.4 Å². The summed E-state index contributed by atoms with van der Waals surface area (Å²) in [5.41, 5.74) is 0.505. The number of benzene rings is 1. The second-order valence-electron chi connectivity index (χ2n) is 2.84. The van der Waals surface area contributed by atoms with Gasteiger partial charge in [-0.2, -0.15) is 0 Å². The highest BCUT2D eigenvalue weighted by Gasteiger charge is 2.08. The van der Waals surface area contributed by atoms with Gasteiger partial charge in [0.25, 0.3) is 0 Å². The van der Waals surface area contributed by atoms with Gasteiger partial charge in [0, 0.05) is 0 Å². The van der Waals surface area contributed by atoms with E-state index in [1.54, 1.807) is 24.3 Å². The average molecular weight is 287 g/mol. The minimum atomic E-state index is -0.589. The number of hydrogen-bond donors (Lipinski definition) is 2. The Hall–Kier alpha value is -1.56. The van der Waals surface area contributed by atoms with Crippen LogP contribution in [0.25, 0.3) is 0 Å². The van der Waals surface area contributed by atoms with Crippen molar-refractivity contribution in [1.29, 1.82) is 0 Å². The van der Waals surface area contributed by atoms with E-state index in [2.05, 4.69) is 26.6 Å². The zero-order valence-electron chi connectivity index (χ0n) is 8.62. The summed E-state index contributed by atoms with van der Waals surface area (Å²) in [6, 6.07) is 6.34. The van der Waals surface area contributed by atoms with Crippen molar-refractivity contribution >= 4 is 33.6 Å². The van der Waals surface area contributed by atoms with Crippen LogP contribution in [0.1, 0.15) is 0 Å². The maximum atomic E-state index is 11.3. The quantitative estimate of drug-likeness (QED) is 0.832. The van der Waals surface area contributed by atoms with E-state index < -0.39 is 11.9 Å². The van der Waals surface area contributed by atoms with E-state index >= 15 is 0 Å². The Morgan fingerprint density at radius 1 is 1.38 bits per heavy atom. The molecule has 0 aromatic heterocycles. The van der Waals surface area contributed by atoms with Gasteiger partial charge in [-0.25, -0.2) is 4.79 Å². The fourth-order valence-electron chi connectivity index (χ4n) is 1.06. The Labute approximate surface area is 101 Å². The molecule has 1 aromatic rings. The molecule has 5 nitrogen and oxygen atoms in total. The van der Waals surface area contributed by atoms with Crippen molar-refractivity contribution in [2.24, 2.45) is 0 Å². The van der Waals surface area contributed by atoms with Crippen LogP contribution in [-0.2, 0) is 4.79 Å². The molecule has 1 rings (SSSR count). The molecule has 2 N–H and O–H groups in total. The molecule has 1 aromatic carbocycles. The minimum absolute atomic E-state index is 0.0757. The molecule has 0 aliphatic heterocycles. The average Bonchev–Trinajstić information content (AvgIpc) is 2.29. The number of para-hydroxylation sites is 2. The van der Waals surface area contributed by atoms with E-state index in [0.29, 0.717) is 11.4 Å². The summed E-state index contributed by atoms with van der Waals surface area (Å²) in [5.74, 6) is 0.122. The number of carbonyl (C=O) groups excluding carboxylic acids is 2.